The van der Waals surface area contributed by atoms with Crippen LogP contribution in [0.15, 0.2) is 36.4 Å². The molecule has 1 aliphatic rings. The van der Waals surface area contributed by atoms with Crippen LogP contribution in [-0.4, -0.2) is 32.2 Å². The Morgan fingerprint density at radius 2 is 1.76 bits per heavy atom. The summed E-state index contributed by atoms with van der Waals surface area (Å²) in [4.78, 5) is 13.9. The lowest BCUT2D eigenvalue weighted by Gasteiger charge is -2.24. The van der Waals surface area contributed by atoms with E-state index in [2.05, 4.69) is 0 Å². The molecule has 1 amide bonds. The topological polar surface area (TPSA) is 64.8 Å². The fraction of sp³-hybridized carbons (Fsp3) is 0.278. The molecule has 0 aliphatic carbocycles. The third-order valence-corrected chi connectivity index (χ3v) is 3.94. The second-order valence-corrected chi connectivity index (χ2v) is 5.81. The summed E-state index contributed by atoms with van der Waals surface area (Å²) in [5, 5.41) is 0. The van der Waals surface area contributed by atoms with Crippen LogP contribution in [0.25, 0.3) is 0 Å². The van der Waals surface area contributed by atoms with Crippen molar-refractivity contribution in [2.45, 2.75) is 12.5 Å². The maximum atomic E-state index is 13.3. The number of amides is 1. The molecular formula is C18H18F2N2O3. The van der Waals surface area contributed by atoms with Crippen LogP contribution in [0, 0.1) is 11.6 Å². The van der Waals surface area contributed by atoms with Gasteiger partial charge in [-0.3, -0.25) is 4.79 Å². The predicted molar refractivity (Wildman–Crippen MR) is 88.9 cm³/mol. The van der Waals surface area contributed by atoms with Gasteiger partial charge in [0, 0.05) is 24.9 Å². The number of hydrogen-bond acceptors (Lipinski definition) is 4. The summed E-state index contributed by atoms with van der Waals surface area (Å²) in [5.74, 6) is -0.592. The van der Waals surface area contributed by atoms with Crippen molar-refractivity contribution in [2.75, 3.05) is 25.2 Å². The normalized spacial score (nSPS) is 14.1. The first-order valence-electron chi connectivity index (χ1n) is 7.82. The molecule has 1 unspecified atom stereocenters. The van der Waals surface area contributed by atoms with Gasteiger partial charge in [0.2, 0.25) is 5.91 Å². The van der Waals surface area contributed by atoms with E-state index in [0.717, 1.165) is 6.07 Å². The van der Waals surface area contributed by atoms with Crippen molar-refractivity contribution in [3.05, 3.63) is 53.6 Å². The van der Waals surface area contributed by atoms with Gasteiger partial charge in [0.15, 0.2) is 11.5 Å². The number of rotatable bonds is 4. The van der Waals surface area contributed by atoms with Crippen molar-refractivity contribution in [1.82, 2.24) is 0 Å². The fourth-order valence-electron chi connectivity index (χ4n) is 2.69. The van der Waals surface area contributed by atoms with E-state index in [1.807, 2.05) is 0 Å². The van der Waals surface area contributed by atoms with Gasteiger partial charge in [-0.15, -0.1) is 0 Å². The minimum Gasteiger partial charge on any atom is -0.486 e. The quantitative estimate of drug-likeness (QED) is 0.921. The predicted octanol–water partition coefficient (Wildman–Crippen LogP) is 2.27. The number of nitrogens with zero attached hydrogens (tertiary/aromatic N) is 1. The van der Waals surface area contributed by atoms with Gasteiger partial charge >= 0.3 is 0 Å². The number of benzene rings is 2. The Labute approximate surface area is 143 Å². The molecule has 0 bridgehead atoms. The van der Waals surface area contributed by atoms with Crippen molar-refractivity contribution in [3.63, 3.8) is 0 Å². The fourth-order valence-corrected chi connectivity index (χ4v) is 2.69. The number of carbonyl (C=O) groups is 1. The number of halogens is 2. The molecule has 2 aromatic carbocycles. The lowest BCUT2D eigenvalue weighted by molar-refractivity contribution is -0.119. The molecule has 0 radical (unpaired) electrons. The van der Waals surface area contributed by atoms with Gasteiger partial charge in [-0.05, 0) is 36.2 Å². The Morgan fingerprint density at radius 3 is 2.44 bits per heavy atom. The lowest BCUT2D eigenvalue weighted by Crippen LogP contribution is -2.43. The molecule has 25 heavy (non-hydrogen) atoms. The van der Waals surface area contributed by atoms with Crippen LogP contribution in [0.1, 0.15) is 5.56 Å². The van der Waals surface area contributed by atoms with E-state index in [-0.39, 0.29) is 12.3 Å². The average Bonchev–Trinajstić information content (AvgIpc) is 2.59. The van der Waals surface area contributed by atoms with E-state index >= 15 is 0 Å². The van der Waals surface area contributed by atoms with Gasteiger partial charge in [0.25, 0.3) is 0 Å². The van der Waals surface area contributed by atoms with E-state index in [9.17, 15) is 13.6 Å². The first-order valence-corrected chi connectivity index (χ1v) is 7.82. The Hall–Kier alpha value is -2.67. The maximum absolute atomic E-state index is 13.3. The molecule has 1 aliphatic heterocycles. The van der Waals surface area contributed by atoms with Gasteiger partial charge in [-0.25, -0.2) is 8.78 Å². The van der Waals surface area contributed by atoms with Crippen LogP contribution >= 0.6 is 0 Å². The number of fused-ring (bicyclic) bond motifs is 1. The molecule has 2 N–H and O–H groups in total. The zero-order valence-corrected chi connectivity index (χ0v) is 13.7. The van der Waals surface area contributed by atoms with Gasteiger partial charge in [-0.2, -0.15) is 0 Å². The monoisotopic (exact) mass is 348 g/mol. The standard InChI is InChI=1S/C18H18F2N2O3/c1-22(14-2-3-16-17(10-14)25-5-4-24-16)18(23)15(21)8-11-6-12(19)9-13(20)7-11/h2-3,6-7,9-10,15H,4-5,8,21H2,1H3. The molecule has 5 nitrogen and oxygen atoms in total. The molecule has 3 rings (SSSR count). The van der Waals surface area contributed by atoms with Crippen molar-refractivity contribution in [1.29, 1.82) is 0 Å². The largest absolute Gasteiger partial charge is 0.486 e. The number of carbonyl (C=O) groups excluding carboxylic acids is 1. The first kappa shape index (κ1) is 17.2. The van der Waals surface area contributed by atoms with E-state index in [1.165, 1.54) is 17.0 Å². The summed E-state index contributed by atoms with van der Waals surface area (Å²) >= 11 is 0. The summed E-state index contributed by atoms with van der Waals surface area (Å²) in [6.07, 6.45) is 0.0302. The lowest BCUT2D eigenvalue weighted by atomic mass is 10.0. The van der Waals surface area contributed by atoms with E-state index < -0.39 is 17.7 Å². The SMILES string of the molecule is CN(C(=O)C(N)Cc1cc(F)cc(F)c1)c1ccc2c(c1)OCCO2. The van der Waals surface area contributed by atoms with Crippen LogP contribution < -0.4 is 20.1 Å². The Morgan fingerprint density at radius 1 is 1.12 bits per heavy atom. The highest BCUT2D eigenvalue weighted by Gasteiger charge is 2.22. The number of hydrogen-bond donors (Lipinski definition) is 1. The molecule has 0 fully saturated rings. The van der Waals surface area contributed by atoms with Crippen molar-refractivity contribution >= 4 is 11.6 Å². The zero-order valence-electron chi connectivity index (χ0n) is 13.7. The Balaban J connectivity index is 1.73. The number of anilines is 1. The second kappa shape index (κ2) is 7.06. The van der Waals surface area contributed by atoms with E-state index in [0.29, 0.717) is 36.0 Å². The van der Waals surface area contributed by atoms with Crippen molar-refractivity contribution in [3.8, 4) is 11.5 Å². The van der Waals surface area contributed by atoms with Gasteiger partial charge in [-0.1, -0.05) is 0 Å². The van der Waals surface area contributed by atoms with Crippen LogP contribution in [0.5, 0.6) is 11.5 Å². The van der Waals surface area contributed by atoms with E-state index in [4.69, 9.17) is 15.2 Å². The minimum atomic E-state index is -0.931. The zero-order chi connectivity index (χ0) is 18.0. The van der Waals surface area contributed by atoms with E-state index in [1.54, 1.807) is 25.2 Å². The van der Waals surface area contributed by atoms with Crippen LogP contribution in [-0.2, 0) is 11.2 Å². The minimum absolute atomic E-state index is 0.0302. The van der Waals surface area contributed by atoms with Crippen molar-refractivity contribution < 1.29 is 23.0 Å². The maximum Gasteiger partial charge on any atom is 0.243 e. The molecule has 132 valence electrons. The first-order chi connectivity index (χ1) is 11.9. The Kier molecular flexibility index (Phi) is 4.85. The highest BCUT2D eigenvalue weighted by Crippen LogP contribution is 2.33. The van der Waals surface area contributed by atoms with Gasteiger partial charge < -0.3 is 20.1 Å². The van der Waals surface area contributed by atoms with Crippen LogP contribution in [0.4, 0.5) is 14.5 Å². The molecule has 1 heterocycles. The smallest absolute Gasteiger partial charge is 0.243 e. The van der Waals surface area contributed by atoms with Gasteiger partial charge in [0.05, 0.1) is 6.04 Å². The summed E-state index contributed by atoms with van der Waals surface area (Å²) < 4.78 is 37.5. The second-order valence-electron chi connectivity index (χ2n) is 5.81. The van der Waals surface area contributed by atoms with Crippen molar-refractivity contribution in [2.24, 2.45) is 5.73 Å². The highest BCUT2D eigenvalue weighted by molar-refractivity contribution is 5.97. The molecule has 0 saturated heterocycles. The number of ether oxygens (including phenoxy) is 2. The molecule has 2 aromatic rings. The molecule has 0 spiro atoms. The molecular weight excluding hydrogens is 330 g/mol. The molecule has 1 atom stereocenters. The molecule has 0 aromatic heterocycles. The van der Waals surface area contributed by atoms with Gasteiger partial charge in [0.1, 0.15) is 24.8 Å². The molecule has 0 saturated carbocycles. The highest BCUT2D eigenvalue weighted by atomic mass is 19.1. The Bertz CT molecular complexity index is 778. The third-order valence-electron chi connectivity index (χ3n) is 3.94. The number of nitrogens with two attached hydrogens (primary N) is 1. The summed E-state index contributed by atoms with van der Waals surface area (Å²) in [6.45, 7) is 0.926. The third kappa shape index (κ3) is 3.88. The average molecular weight is 348 g/mol. The number of likely N-dealkylation sites (N-methyl/N-ethyl adjacent to an activating group) is 1. The molecule has 7 heteroatoms. The summed E-state index contributed by atoms with van der Waals surface area (Å²) in [6, 6.07) is 7.32. The van der Waals surface area contributed by atoms with Crippen LogP contribution in [0.3, 0.4) is 0 Å². The summed E-state index contributed by atoms with van der Waals surface area (Å²) in [5.41, 5.74) is 6.85. The van der Waals surface area contributed by atoms with Crippen LogP contribution in [0.2, 0.25) is 0 Å². The summed E-state index contributed by atoms with van der Waals surface area (Å²) in [7, 11) is 1.58.